The summed E-state index contributed by atoms with van der Waals surface area (Å²) in [6.07, 6.45) is 1.37. The van der Waals surface area contributed by atoms with Crippen LogP contribution >= 0.6 is 0 Å². The Morgan fingerprint density at radius 1 is 1.30 bits per heavy atom. The summed E-state index contributed by atoms with van der Waals surface area (Å²) >= 11 is 0. The number of amides is 1. The number of nitrogens with zero attached hydrogens (tertiary/aromatic N) is 1. The van der Waals surface area contributed by atoms with Crippen LogP contribution in [0.3, 0.4) is 0 Å². The average Bonchev–Trinajstić information content (AvgIpc) is 2.75. The van der Waals surface area contributed by atoms with Crippen molar-refractivity contribution in [2.75, 3.05) is 39.3 Å². The van der Waals surface area contributed by atoms with Crippen LogP contribution in [0.15, 0.2) is 0 Å². The summed E-state index contributed by atoms with van der Waals surface area (Å²) in [5, 5.41) is 15.0. The Hall–Kier alpha value is -1.18. The number of carbonyl (C=O) groups excluding carboxylic acids is 1. The minimum atomic E-state index is -0.920. The Balaban J connectivity index is 1.64. The first-order chi connectivity index (χ1) is 9.65. The molecule has 2 rings (SSSR count). The molecule has 114 valence electrons. The average molecular weight is 285 g/mol. The summed E-state index contributed by atoms with van der Waals surface area (Å²) in [6.45, 7) is 4.53. The molecule has 1 amide bonds. The smallest absolute Gasteiger partial charge is 0.332 e. The number of rotatable bonds is 5. The van der Waals surface area contributed by atoms with Gasteiger partial charge in [-0.05, 0) is 32.4 Å². The topological polar surface area (TPSA) is 90.9 Å². The summed E-state index contributed by atoms with van der Waals surface area (Å²) < 4.78 is 5.35. The molecule has 0 aromatic rings. The normalized spacial score (nSPS) is 28.0. The van der Waals surface area contributed by atoms with Crippen molar-refractivity contribution in [2.45, 2.75) is 31.5 Å². The van der Waals surface area contributed by atoms with Gasteiger partial charge in [-0.15, -0.1) is 0 Å². The van der Waals surface area contributed by atoms with Crippen molar-refractivity contribution in [3.8, 4) is 0 Å². The number of hydrogen-bond acceptors (Lipinski definition) is 5. The highest BCUT2D eigenvalue weighted by Gasteiger charge is 2.30. The number of carboxylic acids is 1. The molecule has 0 aromatic carbocycles. The Bertz CT molecular complexity index is 343. The molecule has 2 aliphatic heterocycles. The zero-order valence-corrected chi connectivity index (χ0v) is 11.6. The van der Waals surface area contributed by atoms with E-state index in [9.17, 15) is 9.59 Å². The van der Waals surface area contributed by atoms with Gasteiger partial charge in [-0.25, -0.2) is 4.79 Å². The molecule has 2 heterocycles. The largest absolute Gasteiger partial charge is 0.479 e. The van der Waals surface area contributed by atoms with E-state index in [4.69, 9.17) is 9.84 Å². The van der Waals surface area contributed by atoms with E-state index >= 15 is 0 Å². The van der Waals surface area contributed by atoms with Crippen molar-refractivity contribution >= 4 is 11.9 Å². The van der Waals surface area contributed by atoms with Crippen LogP contribution in [-0.2, 0) is 14.3 Å². The van der Waals surface area contributed by atoms with Crippen molar-refractivity contribution in [1.29, 1.82) is 0 Å². The van der Waals surface area contributed by atoms with Gasteiger partial charge < -0.3 is 20.5 Å². The van der Waals surface area contributed by atoms with Gasteiger partial charge in [0.25, 0.3) is 0 Å². The van der Waals surface area contributed by atoms with Crippen LogP contribution < -0.4 is 10.6 Å². The molecule has 2 unspecified atom stereocenters. The number of carbonyl (C=O) groups is 2. The lowest BCUT2D eigenvalue weighted by molar-refractivity contribution is -0.149. The Kier molecular flexibility index (Phi) is 5.75. The molecule has 7 heteroatoms. The third-order valence-electron chi connectivity index (χ3n) is 3.71. The second-order valence-corrected chi connectivity index (χ2v) is 5.35. The van der Waals surface area contributed by atoms with E-state index in [1.165, 1.54) is 0 Å². The molecule has 0 radical (unpaired) electrons. The molecule has 0 aromatic heterocycles. The Morgan fingerprint density at radius 2 is 2.15 bits per heavy atom. The first-order valence-electron chi connectivity index (χ1n) is 7.23. The second kappa shape index (κ2) is 7.56. The lowest BCUT2D eigenvalue weighted by Crippen LogP contribution is -2.41. The molecule has 2 saturated heterocycles. The number of hydrogen-bond donors (Lipinski definition) is 3. The van der Waals surface area contributed by atoms with Crippen molar-refractivity contribution in [3.63, 3.8) is 0 Å². The van der Waals surface area contributed by atoms with Crippen LogP contribution in [0.2, 0.25) is 0 Å². The summed E-state index contributed by atoms with van der Waals surface area (Å²) in [4.78, 5) is 24.7. The zero-order chi connectivity index (χ0) is 14.4. The van der Waals surface area contributed by atoms with Gasteiger partial charge in [0, 0.05) is 19.6 Å². The standard InChI is InChI=1S/C13H23N3O4/c17-12(9-16-6-1-4-14-5-7-16)15-8-10-2-3-11(20-10)13(18)19/h10-11,14H,1-9H2,(H,15,17)(H,18,19). The maximum Gasteiger partial charge on any atom is 0.332 e. The molecule has 7 nitrogen and oxygen atoms in total. The third kappa shape index (κ3) is 4.73. The van der Waals surface area contributed by atoms with Crippen LogP contribution in [0.1, 0.15) is 19.3 Å². The Morgan fingerprint density at radius 3 is 2.90 bits per heavy atom. The number of aliphatic carboxylic acids is 1. The lowest BCUT2D eigenvalue weighted by atomic mass is 10.2. The monoisotopic (exact) mass is 285 g/mol. The summed E-state index contributed by atoms with van der Waals surface area (Å²) in [5.74, 6) is -0.940. The van der Waals surface area contributed by atoms with Gasteiger partial charge in [0.05, 0.1) is 12.6 Å². The van der Waals surface area contributed by atoms with Crippen LogP contribution in [-0.4, -0.2) is 73.4 Å². The van der Waals surface area contributed by atoms with E-state index < -0.39 is 12.1 Å². The van der Waals surface area contributed by atoms with Crippen LogP contribution in [0.5, 0.6) is 0 Å². The highest BCUT2D eigenvalue weighted by molar-refractivity contribution is 5.78. The predicted molar refractivity (Wildman–Crippen MR) is 72.5 cm³/mol. The SMILES string of the molecule is O=C(CN1CCCNCC1)NCC1CCC(C(=O)O)O1. The molecule has 2 fully saturated rings. The van der Waals surface area contributed by atoms with Gasteiger partial charge >= 0.3 is 5.97 Å². The minimum absolute atomic E-state index is 0.0192. The fraction of sp³-hybridized carbons (Fsp3) is 0.846. The van der Waals surface area contributed by atoms with Gasteiger partial charge in [-0.3, -0.25) is 9.69 Å². The Labute approximate surface area is 118 Å². The van der Waals surface area contributed by atoms with E-state index in [0.717, 1.165) is 32.6 Å². The quantitative estimate of drug-likeness (QED) is 0.602. The molecule has 0 saturated carbocycles. The highest BCUT2D eigenvalue weighted by Crippen LogP contribution is 2.19. The van der Waals surface area contributed by atoms with Crippen molar-refractivity contribution in [2.24, 2.45) is 0 Å². The molecule has 2 atom stereocenters. The highest BCUT2D eigenvalue weighted by atomic mass is 16.5. The zero-order valence-electron chi connectivity index (χ0n) is 11.6. The number of carboxylic acid groups (broad SMARTS) is 1. The van der Waals surface area contributed by atoms with E-state index in [1.54, 1.807) is 0 Å². The van der Waals surface area contributed by atoms with E-state index in [2.05, 4.69) is 15.5 Å². The van der Waals surface area contributed by atoms with Crippen molar-refractivity contribution in [1.82, 2.24) is 15.5 Å². The maximum atomic E-state index is 11.9. The first-order valence-corrected chi connectivity index (χ1v) is 7.23. The molecule has 0 spiro atoms. The molecule has 3 N–H and O–H groups in total. The van der Waals surface area contributed by atoms with Gasteiger partial charge in [-0.1, -0.05) is 0 Å². The molecule has 0 bridgehead atoms. The molecular formula is C13H23N3O4. The van der Waals surface area contributed by atoms with E-state index in [0.29, 0.717) is 25.9 Å². The van der Waals surface area contributed by atoms with Gasteiger partial charge in [0.2, 0.25) is 5.91 Å². The maximum absolute atomic E-state index is 11.9. The lowest BCUT2D eigenvalue weighted by Gasteiger charge is -2.19. The predicted octanol–water partition coefficient (Wildman–Crippen LogP) is -0.970. The second-order valence-electron chi connectivity index (χ2n) is 5.35. The first kappa shape index (κ1) is 15.2. The van der Waals surface area contributed by atoms with Gasteiger partial charge in [0.1, 0.15) is 0 Å². The molecule has 0 aliphatic carbocycles. The van der Waals surface area contributed by atoms with Gasteiger partial charge in [-0.2, -0.15) is 0 Å². The fourth-order valence-corrected chi connectivity index (χ4v) is 2.58. The summed E-state index contributed by atoms with van der Waals surface area (Å²) in [7, 11) is 0. The van der Waals surface area contributed by atoms with E-state index in [1.807, 2.05) is 0 Å². The minimum Gasteiger partial charge on any atom is -0.479 e. The summed E-state index contributed by atoms with van der Waals surface area (Å²) in [6, 6.07) is 0. The van der Waals surface area contributed by atoms with Crippen molar-refractivity contribution in [3.05, 3.63) is 0 Å². The van der Waals surface area contributed by atoms with Crippen LogP contribution in [0, 0.1) is 0 Å². The fourth-order valence-electron chi connectivity index (χ4n) is 2.58. The van der Waals surface area contributed by atoms with Crippen LogP contribution in [0.4, 0.5) is 0 Å². The van der Waals surface area contributed by atoms with E-state index in [-0.39, 0.29) is 12.0 Å². The summed E-state index contributed by atoms with van der Waals surface area (Å²) in [5.41, 5.74) is 0. The third-order valence-corrected chi connectivity index (χ3v) is 3.71. The number of ether oxygens (including phenoxy) is 1. The van der Waals surface area contributed by atoms with Crippen LogP contribution in [0.25, 0.3) is 0 Å². The van der Waals surface area contributed by atoms with Gasteiger partial charge in [0.15, 0.2) is 6.10 Å². The number of nitrogens with one attached hydrogen (secondary N) is 2. The molecule has 2 aliphatic rings. The molecular weight excluding hydrogens is 262 g/mol. The van der Waals surface area contributed by atoms with Crippen molar-refractivity contribution < 1.29 is 19.4 Å². The molecule has 20 heavy (non-hydrogen) atoms.